The second-order valence-corrected chi connectivity index (χ2v) is 8.00. The summed E-state index contributed by atoms with van der Waals surface area (Å²) in [5.74, 6) is 2.74. The number of aromatic nitrogens is 3. The summed E-state index contributed by atoms with van der Waals surface area (Å²) in [6.07, 6.45) is 10.0. The Bertz CT molecular complexity index is 1090. The van der Waals surface area contributed by atoms with Crippen molar-refractivity contribution in [2.75, 3.05) is 20.7 Å². The van der Waals surface area contributed by atoms with Crippen molar-refractivity contribution in [2.45, 2.75) is 19.1 Å². The summed E-state index contributed by atoms with van der Waals surface area (Å²) in [7, 11) is 3.16. The van der Waals surface area contributed by atoms with E-state index in [1.165, 1.54) is 18.2 Å². The van der Waals surface area contributed by atoms with Crippen molar-refractivity contribution in [3.05, 3.63) is 75.6 Å². The Hall–Kier alpha value is -3.15. The first-order valence-electron chi connectivity index (χ1n) is 9.59. The summed E-state index contributed by atoms with van der Waals surface area (Å²) in [5, 5.41) is 14.7. The van der Waals surface area contributed by atoms with Gasteiger partial charge >= 0.3 is 0 Å². The van der Waals surface area contributed by atoms with Gasteiger partial charge in [-0.3, -0.25) is 9.48 Å². The third kappa shape index (κ3) is 5.94. The van der Waals surface area contributed by atoms with E-state index in [9.17, 15) is 9.90 Å². The summed E-state index contributed by atoms with van der Waals surface area (Å²) in [6, 6.07) is 9.58. The van der Waals surface area contributed by atoms with Crippen molar-refractivity contribution < 1.29 is 14.6 Å². The second-order valence-electron chi connectivity index (χ2n) is 7.15. The molecule has 0 aliphatic carbocycles. The number of aliphatic hydroxyl groups excluding tert-OH is 1. The van der Waals surface area contributed by atoms with Gasteiger partial charge in [0, 0.05) is 32.4 Å². The highest BCUT2D eigenvalue weighted by Crippen LogP contribution is 2.23. The standard InChI is InChI=1S/C23H23BrN4O3/c1-4-16-11-26-28(13-16)14-18-7-5-17(6-8-18)9-20(29)15-27(2)23(30)19-10-21(24)22(31-3)25-12-19/h1,5-8,10-13,20,29H,9,14-15H2,2-3H3/t20-/m0/s1. The van der Waals surface area contributed by atoms with Crippen molar-refractivity contribution in [3.63, 3.8) is 0 Å². The number of carbonyl (C=O) groups excluding carboxylic acids is 1. The lowest BCUT2D eigenvalue weighted by Gasteiger charge is -2.21. The maximum Gasteiger partial charge on any atom is 0.255 e. The van der Waals surface area contributed by atoms with E-state index in [-0.39, 0.29) is 12.5 Å². The quantitative estimate of drug-likeness (QED) is 0.499. The maximum atomic E-state index is 12.6. The number of likely N-dealkylation sites (N-methyl/N-ethyl adjacent to an activating group) is 1. The largest absolute Gasteiger partial charge is 0.480 e. The Morgan fingerprint density at radius 2 is 2.03 bits per heavy atom. The molecule has 3 aromatic rings. The average Bonchev–Trinajstić information content (AvgIpc) is 3.22. The van der Waals surface area contributed by atoms with E-state index in [0.717, 1.165) is 16.7 Å². The van der Waals surface area contributed by atoms with Gasteiger partial charge in [-0.1, -0.05) is 30.2 Å². The smallest absolute Gasteiger partial charge is 0.255 e. The topological polar surface area (TPSA) is 80.5 Å². The first-order chi connectivity index (χ1) is 14.9. The van der Waals surface area contributed by atoms with Gasteiger partial charge in [0.05, 0.1) is 41.6 Å². The fraction of sp³-hybridized carbons (Fsp3) is 0.261. The zero-order valence-corrected chi connectivity index (χ0v) is 18.9. The fourth-order valence-corrected chi connectivity index (χ4v) is 3.65. The zero-order chi connectivity index (χ0) is 22.4. The molecule has 0 saturated carbocycles. The van der Waals surface area contributed by atoms with Crippen LogP contribution in [0.2, 0.25) is 0 Å². The van der Waals surface area contributed by atoms with Crippen molar-refractivity contribution in [3.8, 4) is 18.2 Å². The minimum absolute atomic E-state index is 0.201. The molecule has 0 spiro atoms. The molecular weight excluding hydrogens is 460 g/mol. The highest BCUT2D eigenvalue weighted by atomic mass is 79.9. The lowest BCUT2D eigenvalue weighted by atomic mass is 10.1. The van der Waals surface area contributed by atoms with Crippen LogP contribution in [0.25, 0.3) is 0 Å². The molecule has 0 aliphatic rings. The molecular formula is C23H23BrN4O3. The molecule has 0 aliphatic heterocycles. The first kappa shape index (κ1) is 22.5. The molecule has 7 nitrogen and oxygen atoms in total. The summed E-state index contributed by atoms with van der Waals surface area (Å²) < 4.78 is 7.46. The van der Waals surface area contributed by atoms with Gasteiger partial charge in [0.15, 0.2) is 0 Å². The number of terminal acetylenes is 1. The molecule has 3 rings (SSSR count). The molecule has 160 valence electrons. The van der Waals surface area contributed by atoms with Crippen LogP contribution in [0, 0.1) is 12.3 Å². The van der Waals surface area contributed by atoms with Crippen molar-refractivity contribution >= 4 is 21.8 Å². The van der Waals surface area contributed by atoms with E-state index in [0.29, 0.717) is 28.9 Å². The molecule has 0 unspecified atom stereocenters. The van der Waals surface area contributed by atoms with E-state index in [4.69, 9.17) is 11.2 Å². The van der Waals surface area contributed by atoms with E-state index in [2.05, 4.69) is 31.9 Å². The van der Waals surface area contributed by atoms with Crippen molar-refractivity contribution in [2.24, 2.45) is 0 Å². The van der Waals surface area contributed by atoms with Crippen molar-refractivity contribution in [1.29, 1.82) is 0 Å². The van der Waals surface area contributed by atoms with Crippen LogP contribution in [0.1, 0.15) is 27.0 Å². The van der Waals surface area contributed by atoms with Crippen LogP contribution < -0.4 is 4.74 Å². The summed E-state index contributed by atoms with van der Waals surface area (Å²) in [6.45, 7) is 0.819. The molecule has 1 aromatic carbocycles. The predicted octanol–water partition coefficient (Wildman–Crippen LogP) is 2.75. The number of carbonyl (C=O) groups is 1. The summed E-state index contributed by atoms with van der Waals surface area (Å²) in [4.78, 5) is 18.2. The van der Waals surface area contributed by atoms with Gasteiger partial charge in [0.25, 0.3) is 5.91 Å². The number of rotatable bonds is 8. The van der Waals surface area contributed by atoms with Crippen LogP contribution in [0.15, 0.2) is 53.4 Å². The summed E-state index contributed by atoms with van der Waals surface area (Å²) in [5.41, 5.74) is 3.22. The van der Waals surface area contributed by atoms with Gasteiger partial charge in [-0.2, -0.15) is 5.10 Å². The number of aliphatic hydroxyl groups is 1. The van der Waals surface area contributed by atoms with Gasteiger partial charge in [-0.25, -0.2) is 4.98 Å². The Balaban J connectivity index is 1.54. The van der Waals surface area contributed by atoms with Gasteiger partial charge in [-0.05, 0) is 33.1 Å². The van der Waals surface area contributed by atoms with E-state index >= 15 is 0 Å². The van der Waals surface area contributed by atoms with E-state index in [1.54, 1.807) is 24.0 Å². The average molecular weight is 483 g/mol. The van der Waals surface area contributed by atoms with Crippen LogP contribution in [0.3, 0.4) is 0 Å². The number of halogens is 1. The number of methoxy groups -OCH3 is 1. The Morgan fingerprint density at radius 1 is 1.32 bits per heavy atom. The second kappa shape index (κ2) is 10.2. The maximum absolute atomic E-state index is 12.6. The highest BCUT2D eigenvalue weighted by molar-refractivity contribution is 9.10. The van der Waals surface area contributed by atoms with Crippen LogP contribution in [0.5, 0.6) is 5.88 Å². The number of hydrogen-bond acceptors (Lipinski definition) is 5. The molecule has 0 fully saturated rings. The summed E-state index contributed by atoms with van der Waals surface area (Å²) >= 11 is 3.33. The Kier molecular flexibility index (Phi) is 7.45. The number of pyridine rings is 1. The lowest BCUT2D eigenvalue weighted by Crippen LogP contribution is -2.35. The fourth-order valence-electron chi connectivity index (χ4n) is 3.14. The normalized spacial score (nSPS) is 11.6. The molecule has 8 heteroatoms. The minimum atomic E-state index is -0.696. The molecule has 1 N–H and O–H groups in total. The van der Waals surface area contributed by atoms with Gasteiger partial charge in [0.2, 0.25) is 5.88 Å². The molecule has 0 radical (unpaired) electrons. The molecule has 0 bridgehead atoms. The van der Waals surface area contributed by atoms with E-state index < -0.39 is 6.10 Å². The number of benzene rings is 1. The molecule has 2 aromatic heterocycles. The molecule has 31 heavy (non-hydrogen) atoms. The van der Waals surface area contributed by atoms with Crippen LogP contribution in [-0.4, -0.2) is 57.5 Å². The van der Waals surface area contributed by atoms with Gasteiger partial charge < -0.3 is 14.7 Å². The third-order valence-electron chi connectivity index (χ3n) is 4.72. The van der Waals surface area contributed by atoms with Crippen LogP contribution in [-0.2, 0) is 13.0 Å². The van der Waals surface area contributed by atoms with Crippen LogP contribution in [0.4, 0.5) is 0 Å². The SMILES string of the molecule is C#Cc1cnn(Cc2ccc(C[C@H](O)CN(C)C(=O)c3cnc(OC)c(Br)c3)cc2)c1. The number of nitrogens with zero attached hydrogens (tertiary/aromatic N) is 4. The molecule has 2 heterocycles. The molecule has 1 amide bonds. The lowest BCUT2D eigenvalue weighted by molar-refractivity contribution is 0.0681. The Morgan fingerprint density at radius 3 is 2.65 bits per heavy atom. The molecule has 1 atom stereocenters. The first-order valence-corrected chi connectivity index (χ1v) is 10.4. The number of amides is 1. The van der Waals surface area contributed by atoms with E-state index in [1.807, 2.05) is 30.5 Å². The van der Waals surface area contributed by atoms with Crippen LogP contribution >= 0.6 is 15.9 Å². The Labute approximate surface area is 189 Å². The predicted molar refractivity (Wildman–Crippen MR) is 121 cm³/mol. The molecule has 0 saturated heterocycles. The monoisotopic (exact) mass is 482 g/mol. The zero-order valence-electron chi connectivity index (χ0n) is 17.3. The third-order valence-corrected chi connectivity index (χ3v) is 5.29. The van der Waals surface area contributed by atoms with Gasteiger partial charge in [0.1, 0.15) is 0 Å². The number of hydrogen-bond donors (Lipinski definition) is 1. The minimum Gasteiger partial charge on any atom is -0.480 e. The van der Waals surface area contributed by atoms with Crippen molar-refractivity contribution in [1.82, 2.24) is 19.7 Å². The van der Waals surface area contributed by atoms with Gasteiger partial charge in [-0.15, -0.1) is 6.42 Å². The number of ether oxygens (including phenoxy) is 1. The highest BCUT2D eigenvalue weighted by Gasteiger charge is 2.17.